The van der Waals surface area contributed by atoms with E-state index in [2.05, 4.69) is 26.0 Å². The molecule has 0 saturated heterocycles. The monoisotopic (exact) mass is 474 g/mol. The Labute approximate surface area is 171 Å². The lowest BCUT2D eigenvalue weighted by Gasteiger charge is -2.13. The summed E-state index contributed by atoms with van der Waals surface area (Å²) < 4.78 is 50.7. The van der Waals surface area contributed by atoms with Crippen molar-refractivity contribution in [1.29, 1.82) is 0 Å². The zero-order chi connectivity index (χ0) is 20.7. The zero-order valence-corrected chi connectivity index (χ0v) is 17.6. The Bertz CT molecular complexity index is 922. The van der Waals surface area contributed by atoms with Crippen LogP contribution >= 0.6 is 15.9 Å². The van der Waals surface area contributed by atoms with E-state index in [1.807, 2.05) is 0 Å². The van der Waals surface area contributed by atoms with Gasteiger partial charge < -0.3 is 14.8 Å². The van der Waals surface area contributed by atoms with E-state index in [0.717, 1.165) is 0 Å². The summed E-state index contributed by atoms with van der Waals surface area (Å²) in [5.74, 6) is -0.544. The van der Waals surface area contributed by atoms with Crippen molar-refractivity contribution in [1.82, 2.24) is 4.72 Å². The smallest absolute Gasteiger partial charge is 0.262 e. The van der Waals surface area contributed by atoms with Crippen LogP contribution in [0.1, 0.15) is 6.92 Å². The minimum absolute atomic E-state index is 0.0694. The number of amides is 1. The molecule has 0 fully saturated rings. The van der Waals surface area contributed by atoms with Crippen molar-refractivity contribution in [2.75, 3.05) is 25.6 Å². The number of ether oxygens (including phenoxy) is 2. The first-order valence-electron chi connectivity index (χ1n) is 8.20. The fourth-order valence-corrected chi connectivity index (χ4v) is 3.96. The van der Waals surface area contributed by atoms with Crippen molar-refractivity contribution in [3.05, 3.63) is 52.8 Å². The maximum Gasteiger partial charge on any atom is 0.262 e. The highest BCUT2D eigenvalue weighted by molar-refractivity contribution is 9.10. The molecule has 1 amide bonds. The van der Waals surface area contributed by atoms with E-state index in [1.54, 1.807) is 6.92 Å². The second-order valence-electron chi connectivity index (χ2n) is 5.91. The molecule has 7 nitrogen and oxygen atoms in total. The minimum Gasteiger partial charge on any atom is -0.483 e. The number of carbonyl (C=O) groups excluding carboxylic acids is 1. The van der Waals surface area contributed by atoms with Crippen LogP contribution in [0.5, 0.6) is 5.75 Å². The van der Waals surface area contributed by atoms with Crippen LogP contribution in [-0.2, 0) is 19.6 Å². The molecule has 2 aromatic carbocycles. The average molecular weight is 475 g/mol. The molecule has 0 spiro atoms. The zero-order valence-electron chi connectivity index (χ0n) is 15.2. The summed E-state index contributed by atoms with van der Waals surface area (Å²) in [7, 11) is -2.20. The lowest BCUT2D eigenvalue weighted by Crippen LogP contribution is -2.35. The summed E-state index contributed by atoms with van der Waals surface area (Å²) in [6.45, 7) is 1.65. The van der Waals surface area contributed by atoms with E-state index in [9.17, 15) is 17.6 Å². The molecule has 2 N–H and O–H groups in total. The van der Waals surface area contributed by atoms with Crippen LogP contribution < -0.4 is 14.8 Å². The fraction of sp³-hybridized carbons (Fsp3) is 0.278. The van der Waals surface area contributed by atoms with Crippen LogP contribution in [0.25, 0.3) is 0 Å². The number of benzene rings is 2. The molecule has 2 rings (SSSR count). The molecule has 1 unspecified atom stereocenters. The minimum atomic E-state index is -3.68. The van der Waals surface area contributed by atoms with Crippen molar-refractivity contribution in [2.45, 2.75) is 17.9 Å². The van der Waals surface area contributed by atoms with E-state index in [4.69, 9.17) is 9.47 Å². The third-order valence-electron chi connectivity index (χ3n) is 3.47. The third kappa shape index (κ3) is 6.55. The van der Waals surface area contributed by atoms with Crippen molar-refractivity contribution in [3.63, 3.8) is 0 Å². The number of anilines is 1. The number of carbonyl (C=O) groups is 1. The SMILES string of the molecule is COCC(C)NS(=O)(=O)c1ccc(NC(=O)COc2ccc(F)cc2Br)cc1. The number of hydrogen-bond donors (Lipinski definition) is 2. The van der Waals surface area contributed by atoms with Crippen LogP contribution in [0, 0.1) is 5.82 Å². The van der Waals surface area contributed by atoms with E-state index < -0.39 is 21.7 Å². The van der Waals surface area contributed by atoms with Crippen molar-refractivity contribution in [3.8, 4) is 5.75 Å². The molecule has 0 bridgehead atoms. The highest BCUT2D eigenvalue weighted by atomic mass is 79.9. The summed E-state index contributed by atoms with van der Waals surface area (Å²) in [6.07, 6.45) is 0. The average Bonchev–Trinajstić information content (AvgIpc) is 2.61. The second kappa shape index (κ2) is 9.97. The molecular formula is C18H20BrFN2O5S. The van der Waals surface area contributed by atoms with Crippen LogP contribution in [0.3, 0.4) is 0 Å². The van der Waals surface area contributed by atoms with Gasteiger partial charge in [-0.2, -0.15) is 0 Å². The largest absolute Gasteiger partial charge is 0.483 e. The van der Waals surface area contributed by atoms with E-state index in [1.165, 1.54) is 49.6 Å². The molecule has 0 aliphatic carbocycles. The van der Waals surface area contributed by atoms with Gasteiger partial charge in [0, 0.05) is 18.8 Å². The molecule has 0 aliphatic heterocycles. The summed E-state index contributed by atoms with van der Waals surface area (Å²) >= 11 is 3.15. The Morgan fingerprint density at radius 1 is 1.21 bits per heavy atom. The standard InChI is InChI=1S/C18H20BrFN2O5S/c1-12(10-26-2)22-28(24,25)15-6-4-14(5-7-15)21-18(23)11-27-17-8-3-13(20)9-16(17)19/h3-9,12,22H,10-11H2,1-2H3,(H,21,23). The van der Waals surface area contributed by atoms with Crippen molar-refractivity contribution >= 4 is 37.5 Å². The predicted molar refractivity (Wildman–Crippen MR) is 106 cm³/mol. The molecule has 2 aromatic rings. The molecule has 0 aromatic heterocycles. The van der Waals surface area contributed by atoms with Crippen LogP contribution in [0.2, 0.25) is 0 Å². The predicted octanol–water partition coefficient (Wildman–Crippen LogP) is 2.92. The van der Waals surface area contributed by atoms with Crippen molar-refractivity contribution < 1.29 is 27.1 Å². The Morgan fingerprint density at radius 3 is 2.50 bits per heavy atom. The van der Waals surface area contributed by atoms with Gasteiger partial charge in [0.2, 0.25) is 10.0 Å². The number of methoxy groups -OCH3 is 1. The molecule has 0 radical (unpaired) electrons. The highest BCUT2D eigenvalue weighted by Gasteiger charge is 2.17. The summed E-state index contributed by atoms with van der Waals surface area (Å²) in [5, 5.41) is 2.59. The maximum absolute atomic E-state index is 13.0. The number of nitrogens with one attached hydrogen (secondary N) is 2. The number of hydrogen-bond acceptors (Lipinski definition) is 5. The normalized spacial score (nSPS) is 12.4. The maximum atomic E-state index is 13.0. The first-order chi connectivity index (χ1) is 13.2. The molecule has 0 heterocycles. The molecule has 28 heavy (non-hydrogen) atoms. The Hall–Kier alpha value is -2.01. The number of sulfonamides is 1. The Morgan fingerprint density at radius 2 is 1.89 bits per heavy atom. The number of rotatable bonds is 9. The fourth-order valence-electron chi connectivity index (χ4n) is 2.27. The van der Waals surface area contributed by atoms with Crippen LogP contribution in [0.4, 0.5) is 10.1 Å². The lowest BCUT2D eigenvalue weighted by atomic mass is 10.3. The van der Waals surface area contributed by atoms with E-state index in [0.29, 0.717) is 15.9 Å². The first-order valence-corrected chi connectivity index (χ1v) is 10.5. The van der Waals surface area contributed by atoms with Gasteiger partial charge in [0.05, 0.1) is 16.0 Å². The third-order valence-corrected chi connectivity index (χ3v) is 5.70. The lowest BCUT2D eigenvalue weighted by molar-refractivity contribution is -0.118. The first kappa shape index (κ1) is 22.3. The summed E-state index contributed by atoms with van der Waals surface area (Å²) in [6, 6.07) is 9.19. The van der Waals surface area contributed by atoms with Gasteiger partial charge >= 0.3 is 0 Å². The molecule has 0 saturated carbocycles. The van der Waals surface area contributed by atoms with Crippen LogP contribution in [0.15, 0.2) is 51.8 Å². The quantitative estimate of drug-likeness (QED) is 0.582. The van der Waals surface area contributed by atoms with Gasteiger partial charge in [-0.05, 0) is 65.3 Å². The Balaban J connectivity index is 1.93. The van der Waals surface area contributed by atoms with Gasteiger partial charge in [0.1, 0.15) is 11.6 Å². The second-order valence-corrected chi connectivity index (χ2v) is 8.48. The van der Waals surface area contributed by atoms with Gasteiger partial charge in [0.25, 0.3) is 5.91 Å². The van der Waals surface area contributed by atoms with Gasteiger partial charge in [-0.25, -0.2) is 17.5 Å². The molecule has 152 valence electrons. The topological polar surface area (TPSA) is 93.7 Å². The molecular weight excluding hydrogens is 455 g/mol. The molecule has 0 aliphatic rings. The number of halogens is 2. The van der Waals surface area contributed by atoms with Gasteiger partial charge in [-0.3, -0.25) is 4.79 Å². The van der Waals surface area contributed by atoms with Gasteiger partial charge in [-0.1, -0.05) is 0 Å². The summed E-state index contributed by atoms with van der Waals surface area (Å²) in [5.41, 5.74) is 0.413. The van der Waals surface area contributed by atoms with Crippen LogP contribution in [-0.4, -0.2) is 40.7 Å². The van der Waals surface area contributed by atoms with E-state index >= 15 is 0 Å². The molecule has 1 atom stereocenters. The van der Waals surface area contributed by atoms with Crippen molar-refractivity contribution in [2.24, 2.45) is 0 Å². The molecule has 10 heteroatoms. The summed E-state index contributed by atoms with van der Waals surface area (Å²) in [4.78, 5) is 12.1. The van der Waals surface area contributed by atoms with Gasteiger partial charge in [0.15, 0.2) is 6.61 Å². The Kier molecular flexibility index (Phi) is 7.93. The highest BCUT2D eigenvalue weighted by Crippen LogP contribution is 2.25. The van der Waals surface area contributed by atoms with E-state index in [-0.39, 0.29) is 24.2 Å². The van der Waals surface area contributed by atoms with Gasteiger partial charge in [-0.15, -0.1) is 0 Å².